The largest absolute Gasteiger partial charge is 0.370 e. The topological polar surface area (TPSA) is 50.4 Å². The molecule has 3 N–H and O–H groups in total. The van der Waals surface area contributed by atoms with Crippen LogP contribution in [0.2, 0.25) is 0 Å². The third kappa shape index (κ3) is 3.20. The number of nitrogens with zero attached hydrogens (tertiary/aromatic N) is 1. The molecule has 86 valence electrons. The Bertz CT molecular complexity index is 416. The van der Waals surface area contributed by atoms with Crippen LogP contribution in [0.1, 0.15) is 18.4 Å². The van der Waals surface area contributed by atoms with Gasteiger partial charge in [-0.2, -0.15) is 0 Å². The van der Waals surface area contributed by atoms with E-state index in [2.05, 4.69) is 26.2 Å². The molecule has 1 aromatic rings. The van der Waals surface area contributed by atoms with Crippen molar-refractivity contribution in [1.29, 1.82) is 0 Å². The van der Waals surface area contributed by atoms with Gasteiger partial charge < -0.3 is 11.1 Å². The Labute approximate surface area is 102 Å². The van der Waals surface area contributed by atoms with Gasteiger partial charge in [0.2, 0.25) is 0 Å². The monoisotopic (exact) mass is 285 g/mol. The van der Waals surface area contributed by atoms with Crippen molar-refractivity contribution >= 4 is 21.9 Å². The average molecular weight is 286 g/mol. The lowest BCUT2D eigenvalue weighted by Gasteiger charge is -2.04. The van der Waals surface area contributed by atoms with Crippen molar-refractivity contribution in [2.75, 3.05) is 0 Å². The second-order valence-corrected chi connectivity index (χ2v) is 4.77. The second kappa shape index (κ2) is 4.82. The van der Waals surface area contributed by atoms with Gasteiger partial charge in [-0.1, -0.05) is 15.9 Å². The molecule has 5 heteroatoms. The molecule has 0 unspecified atom stereocenters. The first-order chi connectivity index (χ1) is 7.65. The highest BCUT2D eigenvalue weighted by Crippen LogP contribution is 2.18. The Morgan fingerprint density at radius 3 is 3.00 bits per heavy atom. The van der Waals surface area contributed by atoms with Crippen LogP contribution in [0.25, 0.3) is 0 Å². The minimum Gasteiger partial charge on any atom is -0.370 e. The predicted molar refractivity (Wildman–Crippen MR) is 65.6 cm³/mol. The van der Waals surface area contributed by atoms with Gasteiger partial charge in [0.1, 0.15) is 5.82 Å². The van der Waals surface area contributed by atoms with Crippen molar-refractivity contribution in [2.24, 2.45) is 10.7 Å². The van der Waals surface area contributed by atoms with E-state index in [0.717, 1.165) is 17.3 Å². The second-order valence-electron chi connectivity index (χ2n) is 3.86. The SMILES string of the molecule is NC(=NCc1cc(Br)ccc1F)NC1CC1. The van der Waals surface area contributed by atoms with E-state index >= 15 is 0 Å². The molecule has 0 aromatic heterocycles. The summed E-state index contributed by atoms with van der Waals surface area (Å²) in [5.41, 5.74) is 6.19. The lowest BCUT2D eigenvalue weighted by molar-refractivity contribution is 0.610. The van der Waals surface area contributed by atoms with Gasteiger partial charge in [-0.15, -0.1) is 0 Å². The molecule has 1 fully saturated rings. The molecule has 0 aliphatic heterocycles. The molecule has 1 saturated carbocycles. The highest BCUT2D eigenvalue weighted by Gasteiger charge is 2.21. The molecule has 0 atom stereocenters. The number of hydrogen-bond donors (Lipinski definition) is 2. The fourth-order valence-corrected chi connectivity index (χ4v) is 1.73. The van der Waals surface area contributed by atoms with Crippen molar-refractivity contribution in [3.8, 4) is 0 Å². The fraction of sp³-hybridized carbons (Fsp3) is 0.364. The molecule has 16 heavy (non-hydrogen) atoms. The van der Waals surface area contributed by atoms with E-state index < -0.39 is 0 Å². The highest BCUT2D eigenvalue weighted by molar-refractivity contribution is 9.10. The zero-order valence-electron chi connectivity index (χ0n) is 8.71. The zero-order chi connectivity index (χ0) is 11.5. The first-order valence-corrected chi connectivity index (χ1v) is 5.95. The summed E-state index contributed by atoms with van der Waals surface area (Å²) in [6.07, 6.45) is 2.28. The number of aliphatic imine (C=N–C) groups is 1. The average Bonchev–Trinajstić information content (AvgIpc) is 3.03. The van der Waals surface area contributed by atoms with Gasteiger partial charge in [0.15, 0.2) is 5.96 Å². The molecule has 3 nitrogen and oxygen atoms in total. The summed E-state index contributed by atoms with van der Waals surface area (Å²) in [6, 6.07) is 5.26. The molecule has 1 aliphatic carbocycles. The third-order valence-corrected chi connectivity index (χ3v) is 2.85. The Kier molecular flexibility index (Phi) is 3.43. The van der Waals surface area contributed by atoms with Gasteiger partial charge in [-0.05, 0) is 31.0 Å². The van der Waals surface area contributed by atoms with Crippen LogP contribution in [0.15, 0.2) is 27.7 Å². The smallest absolute Gasteiger partial charge is 0.189 e. The summed E-state index contributed by atoms with van der Waals surface area (Å²) in [4.78, 5) is 4.10. The maximum Gasteiger partial charge on any atom is 0.189 e. The summed E-state index contributed by atoms with van der Waals surface area (Å²) in [7, 11) is 0. The number of nitrogens with two attached hydrogens (primary N) is 1. The first-order valence-electron chi connectivity index (χ1n) is 5.15. The van der Waals surface area contributed by atoms with Crippen LogP contribution in [-0.2, 0) is 6.54 Å². The van der Waals surface area contributed by atoms with Crippen molar-refractivity contribution in [1.82, 2.24) is 5.32 Å². The Morgan fingerprint density at radius 1 is 1.56 bits per heavy atom. The summed E-state index contributed by atoms with van der Waals surface area (Å²) >= 11 is 3.29. The molecule has 1 aromatic carbocycles. The van der Waals surface area contributed by atoms with E-state index in [0.29, 0.717) is 17.6 Å². The summed E-state index contributed by atoms with van der Waals surface area (Å²) in [5.74, 6) is 0.132. The summed E-state index contributed by atoms with van der Waals surface area (Å²) in [5, 5.41) is 3.05. The number of hydrogen-bond acceptors (Lipinski definition) is 1. The Morgan fingerprint density at radius 2 is 2.31 bits per heavy atom. The molecular formula is C11H13BrFN3. The lowest BCUT2D eigenvalue weighted by atomic mass is 10.2. The van der Waals surface area contributed by atoms with Crippen molar-refractivity contribution in [3.63, 3.8) is 0 Å². The Balaban J connectivity index is 1.99. The van der Waals surface area contributed by atoms with E-state index in [1.54, 1.807) is 12.1 Å². The highest BCUT2D eigenvalue weighted by atomic mass is 79.9. The molecule has 0 radical (unpaired) electrons. The molecule has 0 spiro atoms. The number of benzene rings is 1. The van der Waals surface area contributed by atoms with E-state index in [4.69, 9.17) is 5.73 Å². The fourth-order valence-electron chi connectivity index (χ4n) is 1.32. The van der Waals surface area contributed by atoms with E-state index in [1.807, 2.05) is 0 Å². The van der Waals surface area contributed by atoms with E-state index in [1.165, 1.54) is 6.07 Å². The van der Waals surface area contributed by atoms with Crippen molar-refractivity contribution in [3.05, 3.63) is 34.1 Å². The minimum absolute atomic E-state index is 0.258. The van der Waals surface area contributed by atoms with Crippen LogP contribution in [0.4, 0.5) is 4.39 Å². The maximum absolute atomic E-state index is 13.3. The number of nitrogens with one attached hydrogen (secondary N) is 1. The third-order valence-electron chi connectivity index (χ3n) is 2.36. The number of guanidine groups is 1. The van der Waals surface area contributed by atoms with Gasteiger partial charge in [-0.3, -0.25) is 0 Å². The van der Waals surface area contributed by atoms with Gasteiger partial charge in [0.05, 0.1) is 6.54 Å². The van der Waals surface area contributed by atoms with Crippen LogP contribution < -0.4 is 11.1 Å². The van der Waals surface area contributed by atoms with Gasteiger partial charge in [-0.25, -0.2) is 9.38 Å². The van der Waals surface area contributed by atoms with Gasteiger partial charge in [0, 0.05) is 16.1 Å². The van der Waals surface area contributed by atoms with Crippen LogP contribution in [0, 0.1) is 5.82 Å². The predicted octanol–water partition coefficient (Wildman–Crippen LogP) is 2.15. The van der Waals surface area contributed by atoms with Gasteiger partial charge >= 0.3 is 0 Å². The summed E-state index contributed by atoms with van der Waals surface area (Å²) < 4.78 is 14.2. The van der Waals surface area contributed by atoms with Crippen LogP contribution in [-0.4, -0.2) is 12.0 Å². The van der Waals surface area contributed by atoms with E-state index in [-0.39, 0.29) is 12.4 Å². The maximum atomic E-state index is 13.3. The molecule has 1 aliphatic rings. The summed E-state index contributed by atoms with van der Waals surface area (Å²) in [6.45, 7) is 0.261. The standard InChI is InChI=1S/C11H13BrFN3/c12-8-1-4-10(13)7(5-8)6-15-11(14)16-9-2-3-9/h1,4-5,9H,2-3,6H2,(H3,14,15,16). The lowest BCUT2D eigenvalue weighted by Crippen LogP contribution is -2.33. The minimum atomic E-state index is -0.258. The Hall–Kier alpha value is -1.10. The van der Waals surface area contributed by atoms with Crippen LogP contribution in [0.3, 0.4) is 0 Å². The number of halogens is 2. The quantitative estimate of drug-likeness (QED) is 0.661. The molecule has 0 bridgehead atoms. The van der Waals surface area contributed by atoms with Crippen LogP contribution in [0.5, 0.6) is 0 Å². The zero-order valence-corrected chi connectivity index (χ0v) is 10.3. The number of rotatable bonds is 3. The van der Waals surface area contributed by atoms with E-state index in [9.17, 15) is 4.39 Å². The molecule has 0 saturated heterocycles. The first kappa shape index (κ1) is 11.4. The molecule has 2 rings (SSSR count). The van der Waals surface area contributed by atoms with Crippen molar-refractivity contribution in [2.45, 2.75) is 25.4 Å². The van der Waals surface area contributed by atoms with Gasteiger partial charge in [0.25, 0.3) is 0 Å². The van der Waals surface area contributed by atoms with Crippen molar-refractivity contribution < 1.29 is 4.39 Å². The normalized spacial score (nSPS) is 16.2. The molecule has 0 amide bonds. The molecule has 0 heterocycles. The van der Waals surface area contributed by atoms with Crippen LogP contribution >= 0.6 is 15.9 Å². The molecular weight excluding hydrogens is 273 g/mol.